The molecule has 0 aromatic heterocycles. The van der Waals surface area contributed by atoms with Gasteiger partial charge in [-0.15, -0.1) is 0 Å². The van der Waals surface area contributed by atoms with Gasteiger partial charge >= 0.3 is 0 Å². The lowest BCUT2D eigenvalue weighted by Gasteiger charge is -2.46. The maximum absolute atomic E-state index is 3.70. The molecule has 2 heteroatoms. The highest BCUT2D eigenvalue weighted by Gasteiger charge is 2.33. The van der Waals surface area contributed by atoms with Gasteiger partial charge in [0.2, 0.25) is 0 Å². The van der Waals surface area contributed by atoms with Gasteiger partial charge in [0.1, 0.15) is 0 Å². The summed E-state index contributed by atoms with van der Waals surface area (Å²) in [6.45, 7) is 12.5. The molecule has 0 radical (unpaired) electrons. The smallest absolute Gasteiger partial charge is 0.0281 e. The van der Waals surface area contributed by atoms with Crippen LogP contribution in [0.15, 0.2) is 24.3 Å². The van der Waals surface area contributed by atoms with Gasteiger partial charge in [-0.05, 0) is 37.8 Å². The maximum atomic E-state index is 3.70. The van der Waals surface area contributed by atoms with E-state index in [0.29, 0.717) is 6.04 Å². The zero-order valence-corrected chi connectivity index (χ0v) is 13.6. The van der Waals surface area contributed by atoms with Gasteiger partial charge in [-0.2, -0.15) is 0 Å². The predicted octanol–water partition coefficient (Wildman–Crippen LogP) is 3.60. The summed E-state index contributed by atoms with van der Waals surface area (Å²) in [5, 5.41) is 3.70. The molecule has 0 spiro atoms. The Balaban J connectivity index is 2.03. The second-order valence-corrected chi connectivity index (χ2v) is 6.73. The Morgan fingerprint density at radius 2 is 1.80 bits per heavy atom. The van der Waals surface area contributed by atoms with E-state index < -0.39 is 0 Å². The highest BCUT2D eigenvalue weighted by molar-refractivity contribution is 5.22. The van der Waals surface area contributed by atoms with Crippen molar-refractivity contribution in [1.82, 2.24) is 10.2 Å². The topological polar surface area (TPSA) is 15.3 Å². The minimum absolute atomic E-state index is 0.244. The van der Waals surface area contributed by atoms with E-state index >= 15 is 0 Å². The fraction of sp³-hybridized carbons (Fsp3) is 0.667. The lowest BCUT2D eigenvalue weighted by atomic mass is 9.95. The molecule has 112 valence electrons. The molecule has 1 aromatic rings. The van der Waals surface area contributed by atoms with Crippen LogP contribution in [0.2, 0.25) is 0 Å². The van der Waals surface area contributed by atoms with Gasteiger partial charge in [-0.1, -0.05) is 44.5 Å². The third kappa shape index (κ3) is 3.83. The van der Waals surface area contributed by atoms with Crippen molar-refractivity contribution >= 4 is 0 Å². The quantitative estimate of drug-likeness (QED) is 0.882. The van der Waals surface area contributed by atoms with Gasteiger partial charge in [-0.25, -0.2) is 0 Å². The minimum atomic E-state index is 0.244. The maximum Gasteiger partial charge on any atom is 0.0281 e. The van der Waals surface area contributed by atoms with Crippen LogP contribution in [0.3, 0.4) is 0 Å². The lowest BCUT2D eigenvalue weighted by molar-refractivity contribution is 0.0564. The number of nitrogens with zero attached hydrogens (tertiary/aromatic N) is 1. The number of hydrogen-bond acceptors (Lipinski definition) is 2. The molecule has 1 fully saturated rings. The fourth-order valence-electron chi connectivity index (χ4n) is 3.00. The van der Waals surface area contributed by atoms with Gasteiger partial charge in [-0.3, -0.25) is 4.90 Å². The van der Waals surface area contributed by atoms with Crippen molar-refractivity contribution in [3.05, 3.63) is 35.4 Å². The first kappa shape index (κ1) is 15.5. The largest absolute Gasteiger partial charge is 0.311 e. The molecule has 1 aromatic carbocycles. The van der Waals surface area contributed by atoms with Gasteiger partial charge < -0.3 is 5.32 Å². The van der Waals surface area contributed by atoms with Crippen LogP contribution in [-0.2, 0) is 13.0 Å². The van der Waals surface area contributed by atoms with Crippen LogP contribution < -0.4 is 5.32 Å². The Morgan fingerprint density at radius 3 is 2.40 bits per heavy atom. The third-order valence-corrected chi connectivity index (χ3v) is 4.56. The molecule has 1 heterocycles. The van der Waals surface area contributed by atoms with Crippen LogP contribution in [0.1, 0.15) is 51.7 Å². The van der Waals surface area contributed by atoms with Crippen molar-refractivity contribution in [2.75, 3.05) is 13.1 Å². The number of nitrogens with one attached hydrogen (secondary N) is 1. The molecule has 1 unspecified atom stereocenters. The van der Waals surface area contributed by atoms with Gasteiger partial charge in [0, 0.05) is 31.2 Å². The summed E-state index contributed by atoms with van der Waals surface area (Å²) in [6.07, 6.45) is 3.66. The molecule has 1 N–H and O–H groups in total. The van der Waals surface area contributed by atoms with Crippen LogP contribution in [0.4, 0.5) is 0 Å². The van der Waals surface area contributed by atoms with E-state index in [1.54, 1.807) is 0 Å². The first-order valence-corrected chi connectivity index (χ1v) is 8.11. The summed E-state index contributed by atoms with van der Waals surface area (Å²) in [5.74, 6) is 0. The summed E-state index contributed by atoms with van der Waals surface area (Å²) in [5.41, 5.74) is 3.11. The van der Waals surface area contributed by atoms with Crippen molar-refractivity contribution in [1.29, 1.82) is 0 Å². The van der Waals surface area contributed by atoms with Crippen molar-refractivity contribution in [3.63, 3.8) is 0 Å². The molecule has 2 rings (SSSR count). The van der Waals surface area contributed by atoms with Crippen LogP contribution in [0.5, 0.6) is 0 Å². The second-order valence-electron chi connectivity index (χ2n) is 6.73. The van der Waals surface area contributed by atoms with Gasteiger partial charge in [0.25, 0.3) is 0 Å². The summed E-state index contributed by atoms with van der Waals surface area (Å²) in [6, 6.07) is 9.79. The van der Waals surface area contributed by atoms with E-state index in [9.17, 15) is 0 Å². The molecule has 0 aliphatic carbocycles. The molecular formula is C18H30N2. The molecule has 1 saturated heterocycles. The van der Waals surface area contributed by atoms with E-state index in [0.717, 1.165) is 26.1 Å². The Labute approximate surface area is 124 Å². The van der Waals surface area contributed by atoms with E-state index in [4.69, 9.17) is 0 Å². The van der Waals surface area contributed by atoms with Crippen LogP contribution in [0, 0.1) is 0 Å². The normalized spacial score (nSPS) is 22.9. The summed E-state index contributed by atoms with van der Waals surface area (Å²) in [7, 11) is 0. The number of hydrogen-bond donors (Lipinski definition) is 1. The van der Waals surface area contributed by atoms with E-state index in [-0.39, 0.29) is 5.54 Å². The van der Waals surface area contributed by atoms with Gasteiger partial charge in [0.05, 0.1) is 0 Å². The van der Waals surface area contributed by atoms with Crippen molar-refractivity contribution in [2.45, 2.75) is 65.1 Å². The van der Waals surface area contributed by atoms with Gasteiger partial charge in [0.15, 0.2) is 0 Å². The first-order chi connectivity index (χ1) is 9.55. The molecule has 0 saturated carbocycles. The Kier molecular flexibility index (Phi) is 5.22. The molecule has 0 bridgehead atoms. The van der Waals surface area contributed by atoms with Crippen molar-refractivity contribution < 1.29 is 0 Å². The van der Waals surface area contributed by atoms with Crippen LogP contribution in [-0.4, -0.2) is 29.6 Å². The summed E-state index contributed by atoms with van der Waals surface area (Å²) < 4.78 is 0. The average molecular weight is 274 g/mol. The number of aryl methyl sites for hydroxylation is 1. The van der Waals surface area contributed by atoms with E-state index in [1.807, 2.05) is 0 Å². The van der Waals surface area contributed by atoms with Crippen LogP contribution in [0.25, 0.3) is 0 Å². The molecule has 20 heavy (non-hydrogen) atoms. The van der Waals surface area contributed by atoms with E-state index in [1.165, 1.54) is 24.0 Å². The highest BCUT2D eigenvalue weighted by atomic mass is 15.3. The zero-order chi connectivity index (χ0) is 14.6. The van der Waals surface area contributed by atoms with Crippen molar-refractivity contribution in [3.8, 4) is 0 Å². The number of piperazine rings is 1. The zero-order valence-electron chi connectivity index (χ0n) is 13.6. The average Bonchev–Trinajstić information content (AvgIpc) is 2.44. The fourth-order valence-corrected chi connectivity index (χ4v) is 3.00. The SMILES string of the molecule is CCCC1CN(Cc2ccc(CC)cc2)C(C)(C)CN1. The molecule has 0 amide bonds. The first-order valence-electron chi connectivity index (χ1n) is 8.11. The third-order valence-electron chi connectivity index (χ3n) is 4.56. The Morgan fingerprint density at radius 1 is 1.15 bits per heavy atom. The molecule has 1 atom stereocenters. The molecule has 1 aliphatic rings. The standard InChI is InChI=1S/C18H30N2/c1-5-7-17-13-20(18(3,4)14-19-17)12-16-10-8-15(6-2)9-11-16/h8-11,17,19H,5-7,12-14H2,1-4H3. The molecular weight excluding hydrogens is 244 g/mol. The highest BCUT2D eigenvalue weighted by Crippen LogP contribution is 2.23. The molecule has 1 aliphatic heterocycles. The number of benzene rings is 1. The summed E-state index contributed by atoms with van der Waals surface area (Å²) >= 11 is 0. The predicted molar refractivity (Wildman–Crippen MR) is 87.0 cm³/mol. The number of rotatable bonds is 5. The van der Waals surface area contributed by atoms with E-state index in [2.05, 4.69) is 62.2 Å². The second kappa shape index (κ2) is 6.73. The molecule has 2 nitrogen and oxygen atoms in total. The monoisotopic (exact) mass is 274 g/mol. The minimum Gasteiger partial charge on any atom is -0.311 e. The van der Waals surface area contributed by atoms with Crippen LogP contribution >= 0.6 is 0 Å². The Hall–Kier alpha value is -0.860. The Bertz CT molecular complexity index is 408. The van der Waals surface area contributed by atoms with Crippen molar-refractivity contribution in [2.24, 2.45) is 0 Å². The summed E-state index contributed by atoms with van der Waals surface area (Å²) in [4.78, 5) is 2.64. The lowest BCUT2D eigenvalue weighted by Crippen LogP contribution is -2.61.